The number of allylic oxidation sites excluding steroid dienone is 2. The van der Waals surface area contributed by atoms with Gasteiger partial charge in [-0.1, -0.05) is 44.5 Å². The summed E-state index contributed by atoms with van der Waals surface area (Å²) in [6.45, 7) is 5.94. The molecule has 0 aliphatic carbocycles. The highest BCUT2D eigenvalue weighted by Crippen LogP contribution is 2.28. The molecule has 6 N–H and O–H groups in total. The van der Waals surface area contributed by atoms with Crippen LogP contribution in [0.1, 0.15) is 32.9 Å². The summed E-state index contributed by atoms with van der Waals surface area (Å²) in [6, 6.07) is 16.5. The quantitative estimate of drug-likeness (QED) is 0.157. The molecule has 3 heterocycles. The van der Waals surface area contributed by atoms with Gasteiger partial charge in [0.2, 0.25) is 0 Å². The van der Waals surface area contributed by atoms with Gasteiger partial charge in [-0.2, -0.15) is 0 Å². The van der Waals surface area contributed by atoms with E-state index in [0.717, 1.165) is 23.3 Å². The van der Waals surface area contributed by atoms with Crippen LogP contribution in [-0.4, -0.2) is 38.1 Å². The van der Waals surface area contributed by atoms with Crippen molar-refractivity contribution >= 4 is 52.1 Å². The number of pyridine rings is 2. The molecule has 0 fully saturated rings. The summed E-state index contributed by atoms with van der Waals surface area (Å²) < 4.78 is 1.69. The Morgan fingerprint density at radius 2 is 1.82 bits per heavy atom. The van der Waals surface area contributed by atoms with E-state index in [2.05, 4.69) is 34.4 Å². The van der Waals surface area contributed by atoms with E-state index in [0.29, 0.717) is 34.4 Å². The van der Waals surface area contributed by atoms with Gasteiger partial charge >= 0.3 is 0 Å². The topological polar surface area (TPSA) is 158 Å². The Morgan fingerprint density at radius 1 is 1.05 bits per heavy atom. The van der Waals surface area contributed by atoms with E-state index in [1.807, 2.05) is 30.3 Å². The number of aromatic nitrogens is 4. The van der Waals surface area contributed by atoms with Crippen LogP contribution in [0.15, 0.2) is 78.6 Å². The second-order valence-electron chi connectivity index (χ2n) is 8.03. The van der Waals surface area contributed by atoms with Crippen LogP contribution in [0.2, 0.25) is 0 Å². The van der Waals surface area contributed by atoms with E-state index >= 15 is 0 Å². The van der Waals surface area contributed by atoms with Crippen LogP contribution in [0.4, 0.5) is 17.3 Å². The number of anilines is 3. The second-order valence-corrected chi connectivity index (χ2v) is 8.03. The fourth-order valence-corrected chi connectivity index (χ4v) is 3.40. The van der Waals surface area contributed by atoms with Crippen molar-refractivity contribution in [2.45, 2.75) is 27.2 Å². The second kappa shape index (κ2) is 13.3. The van der Waals surface area contributed by atoms with Gasteiger partial charge in [0.05, 0.1) is 28.7 Å². The number of para-hydroxylation sites is 1. The molecule has 0 unspecified atom stereocenters. The highest BCUT2D eigenvalue weighted by Gasteiger charge is 2.14. The largest absolute Gasteiger partial charge is 0.404 e. The highest BCUT2D eigenvalue weighted by molar-refractivity contribution is 6.16. The summed E-state index contributed by atoms with van der Waals surface area (Å²) >= 11 is 0. The summed E-state index contributed by atoms with van der Waals surface area (Å²) in [5.41, 5.74) is 8.43. The number of rotatable bonds is 8. The Kier molecular flexibility index (Phi) is 9.59. The van der Waals surface area contributed by atoms with Gasteiger partial charge in [0.15, 0.2) is 11.6 Å². The lowest BCUT2D eigenvalue weighted by Crippen LogP contribution is -2.16. The summed E-state index contributed by atoms with van der Waals surface area (Å²) in [4.78, 5) is 21.2. The van der Waals surface area contributed by atoms with Crippen molar-refractivity contribution in [3.8, 4) is 5.82 Å². The molecular formula is C28H31N9O. The molecule has 1 amide bonds. The van der Waals surface area contributed by atoms with Gasteiger partial charge in [-0.05, 0) is 43.3 Å². The van der Waals surface area contributed by atoms with Gasteiger partial charge in [0.25, 0.3) is 5.91 Å². The standard InChI is InChI=1S/C25H23N9O.C3H8/c1-2-16(12-26)25(35)32-22-8-5-9-23(31-22)34-21-7-4-3-6-19(21)24(33-34)30-18-10-11-20(29-15-18)17(13-27)14-28;1-3-2/h2-15,26-27H,28H2,1H3,(H,30,33)(H,31,32,35);3H2,1-2H3/b16-2+,17-14+,26-12?,27-13?;. The molecule has 194 valence electrons. The number of carbonyl (C=O) groups is 1. The van der Waals surface area contributed by atoms with Crippen LogP contribution < -0.4 is 16.4 Å². The van der Waals surface area contributed by atoms with Gasteiger partial charge in [0.1, 0.15) is 5.82 Å². The molecule has 0 atom stereocenters. The first kappa shape index (κ1) is 27.5. The summed E-state index contributed by atoms with van der Waals surface area (Å²) in [5, 5.41) is 26.4. The third-order valence-electron chi connectivity index (χ3n) is 5.17. The fourth-order valence-electron chi connectivity index (χ4n) is 3.40. The molecule has 38 heavy (non-hydrogen) atoms. The number of carbonyl (C=O) groups excluding carboxylic acids is 1. The molecule has 0 saturated heterocycles. The average Bonchev–Trinajstić information content (AvgIpc) is 3.30. The van der Waals surface area contributed by atoms with Gasteiger partial charge in [-0.25, -0.2) is 9.67 Å². The first-order valence-corrected chi connectivity index (χ1v) is 12.1. The number of nitrogens with one attached hydrogen (secondary N) is 4. The molecule has 10 heteroatoms. The number of nitrogens with two attached hydrogens (primary N) is 1. The maximum atomic E-state index is 12.3. The molecule has 3 aromatic heterocycles. The minimum absolute atomic E-state index is 0.238. The van der Waals surface area contributed by atoms with Crippen molar-refractivity contribution in [2.24, 2.45) is 5.73 Å². The molecule has 1 aromatic carbocycles. The van der Waals surface area contributed by atoms with Crippen LogP contribution >= 0.6 is 0 Å². The first-order chi connectivity index (χ1) is 18.5. The van der Waals surface area contributed by atoms with Crippen LogP contribution in [0.25, 0.3) is 22.3 Å². The Bertz CT molecular complexity index is 1480. The SMILES string of the molecule is C/C=C(\C=N)C(=O)Nc1cccc(-n2nc(Nc3ccc(/C(C=N)=C/N)nc3)c3ccccc32)n1.CCC. The lowest BCUT2D eigenvalue weighted by molar-refractivity contribution is -0.112. The van der Waals surface area contributed by atoms with E-state index in [-0.39, 0.29) is 5.57 Å². The third-order valence-corrected chi connectivity index (χ3v) is 5.17. The number of nitrogens with zero attached hydrogens (tertiary/aromatic N) is 4. The molecule has 0 aliphatic heterocycles. The van der Waals surface area contributed by atoms with Crippen molar-refractivity contribution in [1.82, 2.24) is 19.7 Å². The van der Waals surface area contributed by atoms with Crippen LogP contribution in [0, 0.1) is 10.8 Å². The molecule has 0 saturated carbocycles. The minimum atomic E-state index is -0.411. The number of hydrogen-bond acceptors (Lipinski definition) is 8. The number of fused-ring (bicyclic) bond motifs is 1. The van der Waals surface area contributed by atoms with Gasteiger partial charge in [-0.3, -0.25) is 9.78 Å². The van der Waals surface area contributed by atoms with Crippen LogP contribution in [0.5, 0.6) is 0 Å². The lowest BCUT2D eigenvalue weighted by Gasteiger charge is -2.07. The maximum Gasteiger partial charge on any atom is 0.258 e. The van der Waals surface area contributed by atoms with Crippen molar-refractivity contribution in [3.63, 3.8) is 0 Å². The smallest absolute Gasteiger partial charge is 0.258 e. The zero-order chi connectivity index (χ0) is 27.5. The molecule has 4 rings (SSSR count). The van der Waals surface area contributed by atoms with Crippen molar-refractivity contribution in [3.05, 3.63) is 84.3 Å². The van der Waals surface area contributed by atoms with Crippen molar-refractivity contribution in [1.29, 1.82) is 10.8 Å². The monoisotopic (exact) mass is 509 g/mol. The Morgan fingerprint density at radius 3 is 2.45 bits per heavy atom. The van der Waals surface area contributed by atoms with E-state index in [1.54, 1.807) is 48.1 Å². The molecule has 0 radical (unpaired) electrons. The normalized spacial score (nSPS) is 11.3. The molecule has 0 spiro atoms. The Labute approximate surface area is 221 Å². The van der Waals surface area contributed by atoms with Crippen molar-refractivity contribution in [2.75, 3.05) is 10.6 Å². The van der Waals surface area contributed by atoms with E-state index in [9.17, 15) is 4.79 Å². The predicted molar refractivity (Wildman–Crippen MR) is 154 cm³/mol. The molecule has 0 bridgehead atoms. The van der Waals surface area contributed by atoms with Gasteiger partial charge in [0, 0.05) is 29.6 Å². The predicted octanol–water partition coefficient (Wildman–Crippen LogP) is 5.46. The summed E-state index contributed by atoms with van der Waals surface area (Å²) in [6.07, 6.45) is 7.94. The summed E-state index contributed by atoms with van der Waals surface area (Å²) in [5.74, 6) is 1.05. The summed E-state index contributed by atoms with van der Waals surface area (Å²) in [7, 11) is 0. The number of hydrogen-bond donors (Lipinski definition) is 5. The average molecular weight is 510 g/mol. The molecule has 10 nitrogen and oxygen atoms in total. The number of benzene rings is 1. The molecule has 0 aliphatic rings. The third kappa shape index (κ3) is 6.35. The zero-order valence-electron chi connectivity index (χ0n) is 21.6. The van der Waals surface area contributed by atoms with Gasteiger partial charge < -0.3 is 27.2 Å². The first-order valence-electron chi connectivity index (χ1n) is 12.1. The van der Waals surface area contributed by atoms with Crippen molar-refractivity contribution < 1.29 is 4.79 Å². The Hall–Kier alpha value is -5.12. The van der Waals surface area contributed by atoms with Crippen LogP contribution in [0.3, 0.4) is 0 Å². The lowest BCUT2D eigenvalue weighted by atomic mass is 10.2. The minimum Gasteiger partial charge on any atom is -0.404 e. The van der Waals surface area contributed by atoms with E-state index in [4.69, 9.17) is 21.7 Å². The maximum absolute atomic E-state index is 12.3. The Balaban J connectivity index is 0.00000127. The zero-order valence-corrected chi connectivity index (χ0v) is 21.6. The molecule has 4 aromatic rings. The van der Waals surface area contributed by atoms with Crippen LogP contribution in [-0.2, 0) is 4.79 Å². The van der Waals surface area contributed by atoms with E-state index < -0.39 is 5.91 Å². The van der Waals surface area contributed by atoms with Gasteiger partial charge in [-0.15, -0.1) is 5.10 Å². The fraction of sp³-hybridized carbons (Fsp3) is 0.143. The number of amides is 1. The highest BCUT2D eigenvalue weighted by atomic mass is 16.1. The molecular weight excluding hydrogens is 478 g/mol. The van der Waals surface area contributed by atoms with E-state index in [1.165, 1.54) is 12.6 Å².